The zero-order valence-electron chi connectivity index (χ0n) is 14.9. The maximum absolute atomic E-state index is 13.9. The molecule has 0 spiro atoms. The van der Waals surface area contributed by atoms with Crippen LogP contribution in [0.25, 0.3) is 0 Å². The molecule has 0 radical (unpaired) electrons. The van der Waals surface area contributed by atoms with Crippen LogP contribution in [-0.4, -0.2) is 17.7 Å². The minimum Gasteiger partial charge on any atom is -0.423 e. The Hall–Kier alpha value is -3.67. The first-order chi connectivity index (χ1) is 13.5. The van der Waals surface area contributed by atoms with Gasteiger partial charge < -0.3 is 9.47 Å². The summed E-state index contributed by atoms with van der Waals surface area (Å²) in [7, 11) is 0. The Morgan fingerprint density at radius 1 is 0.929 bits per heavy atom. The summed E-state index contributed by atoms with van der Waals surface area (Å²) >= 11 is 0. The van der Waals surface area contributed by atoms with Gasteiger partial charge >= 0.3 is 6.04 Å². The van der Waals surface area contributed by atoms with E-state index >= 15 is 0 Å². The van der Waals surface area contributed by atoms with Crippen molar-refractivity contribution in [3.05, 3.63) is 78.4 Å². The van der Waals surface area contributed by atoms with E-state index in [1.807, 2.05) is 54.6 Å². The van der Waals surface area contributed by atoms with Gasteiger partial charge in [-0.15, -0.1) is 0 Å². The lowest BCUT2D eigenvalue weighted by molar-refractivity contribution is -0.173. The van der Waals surface area contributed by atoms with Crippen molar-refractivity contribution in [3.8, 4) is 11.5 Å². The predicted octanol–water partition coefficient (Wildman–Crippen LogP) is 4.90. The van der Waals surface area contributed by atoms with Crippen LogP contribution in [0.15, 0.2) is 77.8 Å². The summed E-state index contributed by atoms with van der Waals surface area (Å²) in [5, 5.41) is 0. The third kappa shape index (κ3) is 2.62. The first-order valence-electron chi connectivity index (χ1n) is 8.80. The second-order valence-corrected chi connectivity index (χ2v) is 6.62. The van der Waals surface area contributed by atoms with Crippen LogP contribution in [0.4, 0.5) is 21.5 Å². The number of hydrogen-bond donors (Lipinski definition) is 0. The van der Waals surface area contributed by atoms with Crippen LogP contribution in [-0.2, 0) is 4.79 Å². The van der Waals surface area contributed by atoms with E-state index in [0.29, 0.717) is 17.1 Å². The van der Waals surface area contributed by atoms with Crippen molar-refractivity contribution in [2.45, 2.75) is 13.0 Å². The molecule has 28 heavy (non-hydrogen) atoms. The minimum absolute atomic E-state index is 0.222. The summed E-state index contributed by atoms with van der Waals surface area (Å²) in [6, 6.07) is 19.5. The Kier molecular flexibility index (Phi) is 3.49. The van der Waals surface area contributed by atoms with E-state index in [-0.39, 0.29) is 11.7 Å². The van der Waals surface area contributed by atoms with E-state index in [4.69, 9.17) is 9.47 Å². The van der Waals surface area contributed by atoms with Gasteiger partial charge in [0.15, 0.2) is 11.5 Å². The van der Waals surface area contributed by atoms with Gasteiger partial charge in [0.2, 0.25) is 0 Å². The highest BCUT2D eigenvalue weighted by molar-refractivity contribution is 6.56. The van der Waals surface area contributed by atoms with Gasteiger partial charge in [0, 0.05) is 24.2 Å². The van der Waals surface area contributed by atoms with Gasteiger partial charge in [0.05, 0.1) is 11.4 Å². The molecule has 0 aromatic heterocycles. The third-order valence-corrected chi connectivity index (χ3v) is 4.57. The molecule has 3 aromatic carbocycles. The molecule has 2 heterocycles. The molecule has 0 bridgehead atoms. The van der Waals surface area contributed by atoms with Crippen LogP contribution in [0, 0.1) is 0 Å². The number of anilines is 2. The number of benzene rings is 3. The number of carbonyl (C=O) groups excluding carboxylic acids is 1. The smallest absolute Gasteiger partial charge is 0.404 e. The van der Waals surface area contributed by atoms with Crippen molar-refractivity contribution in [2.75, 3.05) is 4.90 Å². The quantitative estimate of drug-likeness (QED) is 0.641. The molecule has 0 saturated heterocycles. The molecule has 1 unspecified atom stereocenters. The summed E-state index contributed by atoms with van der Waals surface area (Å²) in [5.41, 5.74) is 3.08. The van der Waals surface area contributed by atoms with Crippen LogP contribution >= 0.6 is 0 Å². The number of fused-ring (bicyclic) bond motifs is 2. The number of alkyl halides is 1. The number of ether oxygens (including phenoxy) is 2. The fourth-order valence-corrected chi connectivity index (χ4v) is 3.41. The average Bonchev–Trinajstić information content (AvgIpc) is 3.14. The van der Waals surface area contributed by atoms with Gasteiger partial charge in [0.1, 0.15) is 5.71 Å². The first kappa shape index (κ1) is 16.5. The molecule has 6 heteroatoms. The Morgan fingerprint density at radius 2 is 1.64 bits per heavy atom. The van der Waals surface area contributed by atoms with E-state index in [1.165, 1.54) is 6.92 Å². The zero-order valence-corrected chi connectivity index (χ0v) is 14.9. The monoisotopic (exact) mass is 374 g/mol. The van der Waals surface area contributed by atoms with E-state index in [1.54, 1.807) is 23.1 Å². The number of rotatable bonds is 2. The van der Waals surface area contributed by atoms with E-state index < -0.39 is 6.04 Å². The standard InChI is InChI=1S/C22H15FN2O3/c1-22(23)27-18-12-11-14(13-19(18)28-22)24-20-16-9-5-6-10-17(16)25(21(20)26)15-7-3-2-4-8-15/h2-13H,1H3. The highest BCUT2D eigenvalue weighted by atomic mass is 19.2. The summed E-state index contributed by atoms with van der Waals surface area (Å²) in [6.07, 6.45) is 0. The van der Waals surface area contributed by atoms with E-state index in [2.05, 4.69) is 4.99 Å². The van der Waals surface area contributed by atoms with E-state index in [9.17, 15) is 9.18 Å². The molecule has 5 rings (SSSR count). The molecule has 0 fully saturated rings. The van der Waals surface area contributed by atoms with Gasteiger partial charge in [-0.25, -0.2) is 4.99 Å². The van der Waals surface area contributed by atoms with Crippen molar-refractivity contribution in [1.29, 1.82) is 0 Å². The van der Waals surface area contributed by atoms with Crippen LogP contribution in [0.5, 0.6) is 11.5 Å². The fourth-order valence-electron chi connectivity index (χ4n) is 3.41. The van der Waals surface area contributed by atoms with Crippen LogP contribution in [0.1, 0.15) is 12.5 Å². The zero-order chi connectivity index (χ0) is 19.3. The molecule has 2 aliphatic rings. The molecular weight excluding hydrogens is 359 g/mol. The maximum atomic E-state index is 13.9. The highest BCUT2D eigenvalue weighted by Crippen LogP contribution is 2.43. The van der Waals surface area contributed by atoms with Crippen LogP contribution in [0.3, 0.4) is 0 Å². The van der Waals surface area contributed by atoms with Crippen molar-refractivity contribution in [3.63, 3.8) is 0 Å². The largest absolute Gasteiger partial charge is 0.423 e. The molecule has 138 valence electrons. The summed E-state index contributed by atoms with van der Waals surface area (Å²) in [5.74, 6) is 0.337. The summed E-state index contributed by atoms with van der Waals surface area (Å²) in [6.45, 7) is 1.19. The number of amides is 1. The maximum Gasteiger partial charge on any atom is 0.404 e. The Balaban J connectivity index is 1.59. The Labute approximate surface area is 160 Å². The minimum atomic E-state index is -2.20. The normalized spacial score (nSPS) is 21.3. The molecule has 1 atom stereocenters. The third-order valence-electron chi connectivity index (χ3n) is 4.57. The van der Waals surface area contributed by atoms with Crippen LogP contribution in [0.2, 0.25) is 0 Å². The number of carbonyl (C=O) groups is 1. The lowest BCUT2D eigenvalue weighted by Gasteiger charge is -2.16. The van der Waals surface area contributed by atoms with Gasteiger partial charge in [0.25, 0.3) is 5.91 Å². The van der Waals surface area contributed by atoms with Gasteiger partial charge in [-0.2, -0.15) is 4.39 Å². The Morgan fingerprint density at radius 3 is 2.46 bits per heavy atom. The second-order valence-electron chi connectivity index (χ2n) is 6.62. The summed E-state index contributed by atoms with van der Waals surface area (Å²) in [4.78, 5) is 19.4. The number of para-hydroxylation sites is 2. The van der Waals surface area contributed by atoms with Crippen molar-refractivity contribution < 1.29 is 18.7 Å². The van der Waals surface area contributed by atoms with Crippen molar-refractivity contribution in [1.82, 2.24) is 0 Å². The van der Waals surface area contributed by atoms with Gasteiger partial charge in [-0.05, 0) is 30.3 Å². The highest BCUT2D eigenvalue weighted by Gasteiger charge is 2.37. The van der Waals surface area contributed by atoms with Crippen molar-refractivity contribution in [2.24, 2.45) is 4.99 Å². The lowest BCUT2D eigenvalue weighted by Crippen LogP contribution is -2.27. The number of aliphatic imine (C=N–C) groups is 1. The lowest BCUT2D eigenvalue weighted by atomic mass is 10.1. The predicted molar refractivity (Wildman–Crippen MR) is 103 cm³/mol. The second kappa shape index (κ2) is 5.92. The topological polar surface area (TPSA) is 51.1 Å². The molecule has 0 aliphatic carbocycles. The van der Waals surface area contributed by atoms with Gasteiger partial charge in [-0.3, -0.25) is 9.69 Å². The molecule has 3 aromatic rings. The molecule has 5 nitrogen and oxygen atoms in total. The van der Waals surface area contributed by atoms with Gasteiger partial charge in [-0.1, -0.05) is 36.4 Å². The number of nitrogens with zero attached hydrogens (tertiary/aromatic N) is 2. The summed E-state index contributed by atoms with van der Waals surface area (Å²) < 4.78 is 24.1. The SMILES string of the molecule is CC1(F)Oc2ccc(N=C3C(=O)N(c4ccccc4)c4ccccc43)cc2O1. The number of halogens is 1. The van der Waals surface area contributed by atoms with Crippen molar-refractivity contribution >= 4 is 28.7 Å². The fraction of sp³-hybridized carbons (Fsp3) is 0.0909. The first-order valence-corrected chi connectivity index (χ1v) is 8.80. The van der Waals surface area contributed by atoms with E-state index in [0.717, 1.165) is 16.9 Å². The average molecular weight is 374 g/mol. The molecule has 0 N–H and O–H groups in total. The molecule has 2 aliphatic heterocycles. The van der Waals surface area contributed by atoms with Crippen LogP contribution < -0.4 is 14.4 Å². The Bertz CT molecular complexity index is 1130. The number of hydrogen-bond acceptors (Lipinski definition) is 4. The molecule has 1 amide bonds. The molecular formula is C22H15FN2O3. The molecule has 0 saturated carbocycles.